The van der Waals surface area contributed by atoms with Gasteiger partial charge in [-0.15, -0.1) is 0 Å². The van der Waals surface area contributed by atoms with Gasteiger partial charge in [0.25, 0.3) is 0 Å². The van der Waals surface area contributed by atoms with E-state index in [-0.39, 0.29) is 18.9 Å². The van der Waals surface area contributed by atoms with E-state index in [9.17, 15) is 60.3 Å². The summed E-state index contributed by atoms with van der Waals surface area (Å²) >= 11 is 0. The second kappa shape index (κ2) is 36.9. The molecule has 0 aromatic rings. The number of fused-ring (bicyclic) bond motifs is 3. The predicted octanol–water partition coefficient (Wildman–Crippen LogP) is 4.30. The minimum atomic E-state index is -1.93. The fourth-order valence-corrected chi connectivity index (χ4v) is 12.3. The van der Waals surface area contributed by atoms with Crippen LogP contribution in [-0.2, 0) is 76.0 Å². The number of hydrogen-bond donors (Lipinski definition) is 9. The molecule has 0 amide bonds. The molecule has 28 atom stereocenters. The Kier molecular flexibility index (Phi) is 31.3. The van der Waals surface area contributed by atoms with Crippen LogP contribution in [0.2, 0.25) is 0 Å². The van der Waals surface area contributed by atoms with Crippen LogP contribution in [0.15, 0.2) is 0 Å². The molecule has 0 aromatic heterocycles. The van der Waals surface area contributed by atoms with Crippen molar-refractivity contribution in [2.45, 2.75) is 376 Å². The highest BCUT2D eigenvalue weighted by atomic mass is 16.8. The number of ether oxygens (including phenoxy) is 13. The van der Waals surface area contributed by atoms with Gasteiger partial charge in [0.15, 0.2) is 49.8 Å². The molecule has 6 aliphatic rings. The first-order valence-electron chi connectivity index (χ1n) is 33.3. The number of esters is 3. The lowest BCUT2D eigenvalue weighted by atomic mass is 9.95. The van der Waals surface area contributed by atoms with Crippen molar-refractivity contribution in [1.82, 2.24) is 0 Å². The van der Waals surface area contributed by atoms with Gasteiger partial charge in [0.1, 0.15) is 73.2 Å². The van der Waals surface area contributed by atoms with Crippen LogP contribution in [0.1, 0.15) is 210 Å². The van der Waals surface area contributed by atoms with Crippen LogP contribution in [0, 0.1) is 5.92 Å². The van der Waals surface area contributed by atoms with Crippen LogP contribution in [0.5, 0.6) is 0 Å². The van der Waals surface area contributed by atoms with Gasteiger partial charge in [0.05, 0.1) is 48.6 Å². The quantitative estimate of drug-likeness (QED) is 0.0369. The van der Waals surface area contributed by atoms with Crippen LogP contribution in [0.4, 0.5) is 0 Å². The maximum absolute atomic E-state index is 14.4. The Hall–Kier alpha value is -2.35. The number of aliphatic hydroxyl groups is 9. The smallest absolute Gasteiger partial charge is 0.309 e. The van der Waals surface area contributed by atoms with Crippen LogP contribution >= 0.6 is 0 Å². The summed E-state index contributed by atoms with van der Waals surface area (Å²) in [6.07, 6.45) is -23.3. The fraction of sp³-hybridized carbons (Fsp3) is 0.952. The lowest BCUT2D eigenvalue weighted by Crippen LogP contribution is -2.68. The molecular formula is C63H110O25. The number of carbonyl (C=O) groups is 3. The van der Waals surface area contributed by atoms with Crippen LogP contribution < -0.4 is 0 Å². The van der Waals surface area contributed by atoms with Gasteiger partial charge in [-0.05, 0) is 79.6 Å². The molecule has 512 valence electrons. The normalized spacial score (nSPS) is 41.7. The van der Waals surface area contributed by atoms with Crippen molar-refractivity contribution in [3.8, 4) is 0 Å². The Morgan fingerprint density at radius 1 is 0.489 bits per heavy atom. The Morgan fingerprint density at radius 2 is 1.05 bits per heavy atom. The summed E-state index contributed by atoms with van der Waals surface area (Å²) in [5.41, 5.74) is 0. The van der Waals surface area contributed by atoms with Gasteiger partial charge in [0.2, 0.25) is 0 Å². The van der Waals surface area contributed by atoms with E-state index in [1.807, 2.05) is 0 Å². The lowest BCUT2D eigenvalue weighted by Gasteiger charge is -2.51. The molecule has 0 aromatic carbocycles. The Balaban J connectivity index is 1.36. The molecule has 0 radical (unpaired) electrons. The van der Waals surface area contributed by atoms with Gasteiger partial charge in [-0.25, -0.2) is 0 Å². The molecule has 6 saturated heterocycles. The van der Waals surface area contributed by atoms with Crippen molar-refractivity contribution in [1.29, 1.82) is 0 Å². The molecule has 0 aliphatic carbocycles. The molecule has 0 unspecified atom stereocenters. The summed E-state index contributed by atoms with van der Waals surface area (Å²) in [6, 6.07) is 0. The SMILES string of the molecule is CCCCC[C@H]1CCCCCCCCCC(=O)O[C@H]2[C@@H](O)[C@H](O[C@H]3[C@H](O1)O[C@H](C)[C@H](O)[C@@H]3O)O[C@@H](C)[C@@H]2O[C@@H]1O[C@@H](C)[C@H](O[C@@H]2O[C@@H](C)[C@H](OC(=O)[C@@H](C)CC)[C@@H](O)[C@H]2O)[C@@H](O[C@@H]2O[C@@H](C)[C@H](O)[C@@H](O)[C@H]2O)[C@H]1OC(=O)CCCCCC[C@H](O)CCCC. The third-order valence-electron chi connectivity index (χ3n) is 18.2. The highest BCUT2D eigenvalue weighted by Crippen LogP contribution is 2.40. The van der Waals surface area contributed by atoms with Crippen LogP contribution in [0.3, 0.4) is 0 Å². The predicted molar refractivity (Wildman–Crippen MR) is 312 cm³/mol. The van der Waals surface area contributed by atoms with E-state index in [0.29, 0.717) is 57.8 Å². The van der Waals surface area contributed by atoms with E-state index in [1.54, 1.807) is 27.7 Å². The highest BCUT2D eigenvalue weighted by molar-refractivity contribution is 5.72. The number of aliphatic hydroxyl groups excluding tert-OH is 9. The summed E-state index contributed by atoms with van der Waals surface area (Å²) in [5, 5.41) is 102. The van der Waals surface area contributed by atoms with Crippen LogP contribution in [0.25, 0.3) is 0 Å². The number of hydrogen-bond acceptors (Lipinski definition) is 25. The number of rotatable bonds is 24. The van der Waals surface area contributed by atoms with Gasteiger partial charge in [0, 0.05) is 12.8 Å². The first-order valence-corrected chi connectivity index (χ1v) is 33.3. The third kappa shape index (κ3) is 20.8. The van der Waals surface area contributed by atoms with Crippen molar-refractivity contribution < 1.29 is 122 Å². The van der Waals surface area contributed by atoms with Crippen molar-refractivity contribution in [3.63, 3.8) is 0 Å². The monoisotopic (exact) mass is 1270 g/mol. The van der Waals surface area contributed by atoms with E-state index in [4.69, 9.17) is 61.6 Å². The fourth-order valence-electron chi connectivity index (χ4n) is 12.3. The van der Waals surface area contributed by atoms with E-state index < -0.39 is 183 Å². The standard InChI is InChI=1S/C63H110O25/c1-10-13-22-29-40-30-24-18-16-15-17-19-25-31-41(65)82-54-50(74)61(87-55-46(70)44(68)35(6)77-62(55)81-40)79-37(8)52(54)86-63-57(83-42(66)32-26-21-20-23-28-39(64)27-14-11-2)56(88-59-48(72)45(69)43(67)34(5)76-59)53(38(9)80-63)85-60-49(73)47(71)51(36(7)78-60)84-58(75)33(4)12-3/h33-40,43-57,59-64,67-74H,10-32H2,1-9H3/t33-,34-,35+,36-,37-,38-,39+,40-,43-,44-,45+,46-,47-,48+,49+,50+,51-,52-,53-,54-,55+,56+,57+,59-,60-,61-,62-,63-/m0/s1. The maximum Gasteiger partial charge on any atom is 0.309 e. The molecule has 25 nitrogen and oxygen atoms in total. The Bertz CT molecular complexity index is 2030. The Morgan fingerprint density at radius 3 is 1.74 bits per heavy atom. The zero-order valence-corrected chi connectivity index (χ0v) is 53.5. The molecule has 0 saturated carbocycles. The zero-order chi connectivity index (χ0) is 64.4. The van der Waals surface area contributed by atoms with E-state index in [2.05, 4.69) is 13.8 Å². The van der Waals surface area contributed by atoms with Gasteiger partial charge in [-0.2, -0.15) is 0 Å². The van der Waals surface area contributed by atoms with Gasteiger partial charge in [-0.3, -0.25) is 14.4 Å². The second-order valence-electron chi connectivity index (χ2n) is 25.5. The van der Waals surface area contributed by atoms with Crippen molar-refractivity contribution in [2.24, 2.45) is 5.92 Å². The molecule has 6 rings (SSSR count). The summed E-state index contributed by atoms with van der Waals surface area (Å²) in [6.45, 7) is 15.2. The lowest BCUT2D eigenvalue weighted by molar-refractivity contribution is -0.399. The number of carbonyl (C=O) groups excluding carboxylic acids is 3. The molecule has 88 heavy (non-hydrogen) atoms. The topological polar surface area (TPSA) is 353 Å². The average molecular weight is 1270 g/mol. The molecule has 6 fully saturated rings. The third-order valence-corrected chi connectivity index (χ3v) is 18.2. The second-order valence-corrected chi connectivity index (χ2v) is 25.5. The summed E-state index contributed by atoms with van der Waals surface area (Å²) < 4.78 is 82.4. The molecule has 0 spiro atoms. The van der Waals surface area contributed by atoms with E-state index >= 15 is 0 Å². The van der Waals surface area contributed by atoms with Crippen molar-refractivity contribution in [3.05, 3.63) is 0 Å². The van der Waals surface area contributed by atoms with Gasteiger partial charge >= 0.3 is 17.9 Å². The van der Waals surface area contributed by atoms with Crippen molar-refractivity contribution in [2.75, 3.05) is 0 Å². The van der Waals surface area contributed by atoms with Gasteiger partial charge < -0.3 is 108 Å². The minimum absolute atomic E-state index is 0.0387. The first kappa shape index (κ1) is 74.7. The molecular weight excluding hydrogens is 1160 g/mol. The molecule has 2 bridgehead atoms. The maximum atomic E-state index is 14.4. The van der Waals surface area contributed by atoms with Crippen molar-refractivity contribution >= 4 is 17.9 Å². The number of unbranched alkanes of at least 4 members (excludes halogenated alkanes) is 6. The van der Waals surface area contributed by atoms with E-state index in [1.165, 1.54) is 20.8 Å². The Labute approximate surface area is 519 Å². The average Bonchev–Trinajstić information content (AvgIpc) is 1.16. The summed E-state index contributed by atoms with van der Waals surface area (Å²) in [5.74, 6) is -2.65. The first-order chi connectivity index (χ1) is 42.0. The summed E-state index contributed by atoms with van der Waals surface area (Å²) in [4.78, 5) is 41.3. The summed E-state index contributed by atoms with van der Waals surface area (Å²) in [7, 11) is 0. The molecule has 6 aliphatic heterocycles. The zero-order valence-electron chi connectivity index (χ0n) is 53.5. The molecule has 25 heteroatoms. The molecule has 6 heterocycles. The molecule has 9 N–H and O–H groups in total. The van der Waals surface area contributed by atoms with Gasteiger partial charge in [-0.1, -0.05) is 118 Å². The van der Waals surface area contributed by atoms with Crippen LogP contribution in [-0.4, -0.2) is 230 Å². The minimum Gasteiger partial charge on any atom is -0.457 e. The van der Waals surface area contributed by atoms with E-state index in [0.717, 1.165) is 77.0 Å². The highest BCUT2D eigenvalue weighted by Gasteiger charge is 2.58. The largest absolute Gasteiger partial charge is 0.457 e.